The molecule has 3 nitrogen and oxygen atoms in total. The smallest absolute Gasteiger partial charge is 0.203 e. The fraction of sp³-hybridized carbons (Fsp3) is 0.833. The van der Waals surface area contributed by atoms with Crippen LogP contribution in [0.1, 0.15) is 19.3 Å². The molecule has 1 fully saturated rings. The number of hydrogen-bond acceptors (Lipinski definition) is 4. The lowest BCUT2D eigenvalue weighted by Crippen LogP contribution is -2.41. The molecule has 1 saturated heterocycles. The standard InChI is InChI=1S/C6H12N2OS/c7-9-6(10)5-3-1-2-4-8-5/h5,8H,1-4,7H2. The lowest BCUT2D eigenvalue weighted by molar-refractivity contribution is 0.296. The summed E-state index contributed by atoms with van der Waals surface area (Å²) in [7, 11) is 0. The van der Waals surface area contributed by atoms with E-state index >= 15 is 0 Å². The third kappa shape index (κ3) is 1.90. The first kappa shape index (κ1) is 7.91. The van der Waals surface area contributed by atoms with Crippen LogP contribution in [0.15, 0.2) is 0 Å². The highest BCUT2D eigenvalue weighted by Crippen LogP contribution is 2.08. The fourth-order valence-electron chi connectivity index (χ4n) is 1.14. The van der Waals surface area contributed by atoms with E-state index in [0.29, 0.717) is 5.05 Å². The summed E-state index contributed by atoms with van der Waals surface area (Å²) in [4.78, 5) is 4.46. The fourth-order valence-corrected chi connectivity index (χ4v) is 1.34. The van der Waals surface area contributed by atoms with Gasteiger partial charge in [-0.1, -0.05) is 6.42 Å². The molecule has 0 spiro atoms. The molecular weight excluding hydrogens is 148 g/mol. The maximum absolute atomic E-state index is 4.92. The number of nitrogens with one attached hydrogen (secondary N) is 1. The second-order valence-electron chi connectivity index (χ2n) is 2.44. The minimum absolute atomic E-state index is 0.203. The van der Waals surface area contributed by atoms with Gasteiger partial charge >= 0.3 is 0 Å². The van der Waals surface area contributed by atoms with Gasteiger partial charge < -0.3 is 10.2 Å². The van der Waals surface area contributed by atoms with Crippen molar-refractivity contribution < 1.29 is 4.84 Å². The quantitative estimate of drug-likeness (QED) is 0.429. The molecule has 0 aromatic rings. The summed E-state index contributed by atoms with van der Waals surface area (Å²) in [6.45, 7) is 1.02. The van der Waals surface area contributed by atoms with E-state index in [1.807, 2.05) is 0 Å². The Bertz CT molecular complexity index is 123. The zero-order valence-electron chi connectivity index (χ0n) is 5.80. The average molecular weight is 160 g/mol. The Hall–Kier alpha value is -0.190. The van der Waals surface area contributed by atoms with E-state index in [0.717, 1.165) is 13.0 Å². The summed E-state index contributed by atoms with van der Waals surface area (Å²) in [6.07, 6.45) is 3.49. The highest BCUT2D eigenvalue weighted by atomic mass is 32.1. The number of thiocarbonyl (C=S) groups is 1. The van der Waals surface area contributed by atoms with Crippen LogP contribution in [-0.2, 0) is 4.84 Å². The highest BCUT2D eigenvalue weighted by Gasteiger charge is 2.17. The molecule has 3 N–H and O–H groups in total. The summed E-state index contributed by atoms with van der Waals surface area (Å²) in [6, 6.07) is 0.203. The second kappa shape index (κ2) is 3.85. The van der Waals surface area contributed by atoms with E-state index in [9.17, 15) is 0 Å². The van der Waals surface area contributed by atoms with Crippen LogP contribution in [0.2, 0.25) is 0 Å². The van der Waals surface area contributed by atoms with E-state index in [1.54, 1.807) is 0 Å². The Morgan fingerprint density at radius 2 is 2.40 bits per heavy atom. The molecule has 1 unspecified atom stereocenters. The van der Waals surface area contributed by atoms with Crippen LogP contribution in [0.5, 0.6) is 0 Å². The van der Waals surface area contributed by atoms with Crippen molar-refractivity contribution in [3.05, 3.63) is 0 Å². The molecule has 10 heavy (non-hydrogen) atoms. The maximum Gasteiger partial charge on any atom is 0.203 e. The first-order chi connectivity index (χ1) is 4.84. The summed E-state index contributed by atoms with van der Waals surface area (Å²) < 4.78 is 0. The van der Waals surface area contributed by atoms with Gasteiger partial charge in [0.05, 0.1) is 6.04 Å². The summed E-state index contributed by atoms with van der Waals surface area (Å²) in [5, 5.41) is 3.71. The molecule has 0 bridgehead atoms. The van der Waals surface area contributed by atoms with Crippen molar-refractivity contribution in [3.63, 3.8) is 0 Å². The molecule has 1 aliphatic heterocycles. The summed E-state index contributed by atoms with van der Waals surface area (Å²) >= 11 is 4.87. The minimum Gasteiger partial charge on any atom is -0.403 e. The predicted molar refractivity (Wildman–Crippen MR) is 43.5 cm³/mol. The lowest BCUT2D eigenvalue weighted by atomic mass is 10.1. The van der Waals surface area contributed by atoms with Gasteiger partial charge in [-0.25, -0.2) is 0 Å². The molecule has 1 rings (SSSR count). The van der Waals surface area contributed by atoms with Crippen molar-refractivity contribution >= 4 is 17.3 Å². The predicted octanol–water partition coefficient (Wildman–Crippen LogP) is 0.346. The third-order valence-corrected chi connectivity index (χ3v) is 2.09. The Kier molecular flexibility index (Phi) is 3.05. The van der Waals surface area contributed by atoms with Crippen molar-refractivity contribution in [2.75, 3.05) is 6.54 Å². The zero-order chi connectivity index (χ0) is 7.40. The third-order valence-electron chi connectivity index (χ3n) is 1.71. The average Bonchev–Trinajstić information content (AvgIpc) is 2.05. The van der Waals surface area contributed by atoms with Crippen LogP contribution < -0.4 is 11.2 Å². The maximum atomic E-state index is 4.92. The van der Waals surface area contributed by atoms with Crippen LogP contribution >= 0.6 is 12.2 Å². The van der Waals surface area contributed by atoms with Crippen molar-refractivity contribution in [1.82, 2.24) is 5.32 Å². The van der Waals surface area contributed by atoms with Gasteiger partial charge in [-0.2, -0.15) is 5.90 Å². The SMILES string of the molecule is NOC(=S)C1CCCCN1. The monoisotopic (exact) mass is 160 g/mol. The molecule has 0 aromatic carbocycles. The number of rotatable bonds is 1. The van der Waals surface area contributed by atoms with Gasteiger partial charge in [0.15, 0.2) is 0 Å². The van der Waals surface area contributed by atoms with E-state index in [-0.39, 0.29) is 6.04 Å². The Labute approximate surface area is 65.9 Å². The van der Waals surface area contributed by atoms with Crippen LogP contribution in [0, 0.1) is 0 Å². The first-order valence-electron chi connectivity index (χ1n) is 3.48. The molecule has 0 aliphatic carbocycles. The Balaban J connectivity index is 2.31. The van der Waals surface area contributed by atoms with Gasteiger partial charge in [0.2, 0.25) is 5.05 Å². The van der Waals surface area contributed by atoms with E-state index in [1.165, 1.54) is 12.8 Å². The summed E-state index contributed by atoms with van der Waals surface area (Å²) in [5.74, 6) is 4.92. The minimum atomic E-state index is 0.203. The number of piperidine rings is 1. The van der Waals surface area contributed by atoms with Crippen LogP contribution in [0.25, 0.3) is 0 Å². The van der Waals surface area contributed by atoms with Gasteiger partial charge in [0.1, 0.15) is 0 Å². The van der Waals surface area contributed by atoms with Crippen LogP contribution in [0.3, 0.4) is 0 Å². The summed E-state index contributed by atoms with van der Waals surface area (Å²) in [5.41, 5.74) is 0. The van der Waals surface area contributed by atoms with Gasteiger partial charge in [0.25, 0.3) is 0 Å². The van der Waals surface area contributed by atoms with Gasteiger partial charge in [-0.05, 0) is 31.6 Å². The molecule has 0 saturated carbocycles. The molecule has 1 atom stereocenters. The van der Waals surface area contributed by atoms with Gasteiger partial charge in [-0.15, -0.1) is 0 Å². The Morgan fingerprint density at radius 1 is 1.60 bits per heavy atom. The van der Waals surface area contributed by atoms with E-state index < -0.39 is 0 Å². The van der Waals surface area contributed by atoms with E-state index in [2.05, 4.69) is 10.2 Å². The molecule has 1 heterocycles. The Morgan fingerprint density at radius 3 is 2.90 bits per heavy atom. The first-order valence-corrected chi connectivity index (χ1v) is 3.89. The topological polar surface area (TPSA) is 47.3 Å². The molecule has 0 amide bonds. The van der Waals surface area contributed by atoms with E-state index in [4.69, 9.17) is 18.1 Å². The van der Waals surface area contributed by atoms with Crippen LogP contribution in [-0.4, -0.2) is 17.6 Å². The largest absolute Gasteiger partial charge is 0.403 e. The molecular formula is C6H12N2OS. The highest BCUT2D eigenvalue weighted by molar-refractivity contribution is 7.80. The molecule has 1 aliphatic rings. The molecule has 0 radical (unpaired) electrons. The second-order valence-corrected chi connectivity index (χ2v) is 2.84. The number of nitrogens with two attached hydrogens (primary N) is 1. The lowest BCUT2D eigenvalue weighted by Gasteiger charge is -2.22. The van der Waals surface area contributed by atoms with Crippen molar-refractivity contribution in [2.45, 2.75) is 25.3 Å². The van der Waals surface area contributed by atoms with Crippen LogP contribution in [0.4, 0.5) is 0 Å². The van der Waals surface area contributed by atoms with Crippen molar-refractivity contribution in [1.29, 1.82) is 0 Å². The molecule has 58 valence electrons. The van der Waals surface area contributed by atoms with Crippen molar-refractivity contribution in [2.24, 2.45) is 5.90 Å². The van der Waals surface area contributed by atoms with Crippen molar-refractivity contribution in [3.8, 4) is 0 Å². The zero-order valence-corrected chi connectivity index (χ0v) is 6.62. The van der Waals surface area contributed by atoms with Gasteiger partial charge in [-0.3, -0.25) is 0 Å². The van der Waals surface area contributed by atoms with Gasteiger partial charge in [0, 0.05) is 0 Å². The molecule has 4 heteroatoms. The molecule has 0 aromatic heterocycles. The normalized spacial score (nSPS) is 25.9. The number of hydrogen-bond donors (Lipinski definition) is 2.